The Bertz CT molecular complexity index is 392. The van der Waals surface area contributed by atoms with Crippen molar-refractivity contribution in [3.05, 3.63) is 43.0 Å². The average Bonchev–Trinajstić information content (AvgIpc) is 2.41. The summed E-state index contributed by atoms with van der Waals surface area (Å²) in [6, 6.07) is 9.54. The fourth-order valence-corrected chi connectivity index (χ4v) is 1.71. The van der Waals surface area contributed by atoms with E-state index < -0.39 is 12.0 Å². The first-order chi connectivity index (χ1) is 9.13. The lowest BCUT2D eigenvalue weighted by Crippen LogP contribution is -2.36. The monoisotopic (exact) mass is 262 g/mol. The third-order valence-electron chi connectivity index (χ3n) is 2.81. The minimum absolute atomic E-state index is 0.291. The zero-order valence-corrected chi connectivity index (χ0v) is 11.3. The van der Waals surface area contributed by atoms with Gasteiger partial charge < -0.3 is 15.8 Å². The summed E-state index contributed by atoms with van der Waals surface area (Å²) >= 11 is 0. The number of hydrogen-bond acceptors (Lipinski definition) is 3. The summed E-state index contributed by atoms with van der Waals surface area (Å²) < 4.78 is 5.61. The quantitative estimate of drug-likeness (QED) is 0.668. The lowest BCUT2D eigenvalue weighted by atomic mass is 10.1. The van der Waals surface area contributed by atoms with E-state index in [1.165, 1.54) is 0 Å². The highest BCUT2D eigenvalue weighted by Crippen LogP contribution is 2.14. The number of nitrogens with one attached hydrogen (secondary N) is 1. The highest BCUT2D eigenvalue weighted by Gasteiger charge is 2.18. The Kier molecular flexibility index (Phi) is 6.68. The Hall–Kier alpha value is -1.81. The molecule has 0 saturated heterocycles. The molecule has 0 spiro atoms. The van der Waals surface area contributed by atoms with Gasteiger partial charge in [0.2, 0.25) is 0 Å². The summed E-state index contributed by atoms with van der Waals surface area (Å²) in [5.74, 6) is 0.234. The highest BCUT2D eigenvalue weighted by atomic mass is 16.5. The van der Waals surface area contributed by atoms with Gasteiger partial charge in [-0.15, -0.1) is 6.58 Å². The van der Waals surface area contributed by atoms with Crippen molar-refractivity contribution < 1.29 is 9.53 Å². The van der Waals surface area contributed by atoms with Crippen LogP contribution in [-0.2, 0) is 4.79 Å². The van der Waals surface area contributed by atoms with Crippen molar-refractivity contribution in [2.75, 3.05) is 6.54 Å². The molecule has 4 heteroatoms. The minimum Gasteiger partial charge on any atom is -0.481 e. The number of ether oxygens (including phenoxy) is 1. The van der Waals surface area contributed by atoms with Crippen LogP contribution in [0.5, 0.6) is 5.75 Å². The lowest BCUT2D eigenvalue weighted by Gasteiger charge is -2.18. The number of carbonyl (C=O) groups is 1. The third kappa shape index (κ3) is 6.06. The Morgan fingerprint density at radius 3 is 2.68 bits per heavy atom. The molecule has 0 bridgehead atoms. The van der Waals surface area contributed by atoms with E-state index in [9.17, 15) is 4.79 Å². The summed E-state index contributed by atoms with van der Waals surface area (Å²) in [6.07, 6.45) is 2.63. The molecular weight excluding hydrogens is 240 g/mol. The summed E-state index contributed by atoms with van der Waals surface area (Å²) in [4.78, 5) is 11.4. The second kappa shape index (κ2) is 8.32. The highest BCUT2D eigenvalue weighted by molar-refractivity contribution is 5.79. The predicted molar refractivity (Wildman–Crippen MR) is 76.9 cm³/mol. The molecule has 0 fully saturated rings. The molecule has 1 aromatic rings. The van der Waals surface area contributed by atoms with Gasteiger partial charge in [-0.05, 0) is 31.9 Å². The molecule has 104 valence electrons. The molecule has 2 atom stereocenters. The van der Waals surface area contributed by atoms with Crippen LogP contribution in [-0.4, -0.2) is 24.6 Å². The summed E-state index contributed by atoms with van der Waals surface area (Å²) in [5.41, 5.74) is 5.37. The Morgan fingerprint density at radius 1 is 1.42 bits per heavy atom. The standard InChI is InChI=1S/C15H22N2O2/c1-3-11-17-12(2)9-10-14(15(16)18)19-13-7-5-4-6-8-13/h3-8,12,14,17H,1,9-11H2,2H3,(H2,16,18). The van der Waals surface area contributed by atoms with Crippen LogP contribution in [0.25, 0.3) is 0 Å². The van der Waals surface area contributed by atoms with Gasteiger partial charge in [0, 0.05) is 12.6 Å². The Labute approximate surface area is 114 Å². The third-order valence-corrected chi connectivity index (χ3v) is 2.81. The first-order valence-corrected chi connectivity index (χ1v) is 6.48. The molecule has 4 nitrogen and oxygen atoms in total. The largest absolute Gasteiger partial charge is 0.481 e. The van der Waals surface area contributed by atoms with Gasteiger partial charge in [0.05, 0.1) is 0 Å². The number of para-hydroxylation sites is 1. The van der Waals surface area contributed by atoms with Gasteiger partial charge in [0.1, 0.15) is 5.75 Å². The van der Waals surface area contributed by atoms with Crippen LogP contribution in [0.3, 0.4) is 0 Å². The van der Waals surface area contributed by atoms with Gasteiger partial charge in [-0.2, -0.15) is 0 Å². The zero-order valence-electron chi connectivity index (χ0n) is 11.3. The van der Waals surface area contributed by atoms with E-state index in [0.717, 1.165) is 13.0 Å². The molecular formula is C15H22N2O2. The van der Waals surface area contributed by atoms with Gasteiger partial charge in [0.15, 0.2) is 6.10 Å². The fourth-order valence-electron chi connectivity index (χ4n) is 1.71. The van der Waals surface area contributed by atoms with Crippen LogP contribution in [0.15, 0.2) is 43.0 Å². The number of nitrogens with two attached hydrogens (primary N) is 1. The summed E-state index contributed by atoms with van der Waals surface area (Å²) in [6.45, 7) is 6.46. The number of benzene rings is 1. The van der Waals surface area contributed by atoms with Gasteiger partial charge in [-0.3, -0.25) is 4.79 Å². The van der Waals surface area contributed by atoms with Crippen molar-refractivity contribution in [3.8, 4) is 5.75 Å². The molecule has 19 heavy (non-hydrogen) atoms. The molecule has 0 heterocycles. The first kappa shape index (κ1) is 15.2. The molecule has 0 aliphatic rings. The van der Waals surface area contributed by atoms with E-state index in [1.807, 2.05) is 36.4 Å². The number of rotatable bonds is 9. The average molecular weight is 262 g/mol. The van der Waals surface area contributed by atoms with Crippen molar-refractivity contribution >= 4 is 5.91 Å². The number of hydrogen-bond donors (Lipinski definition) is 2. The van der Waals surface area contributed by atoms with Gasteiger partial charge in [-0.25, -0.2) is 0 Å². The number of amides is 1. The molecule has 1 amide bonds. The summed E-state index contributed by atoms with van der Waals surface area (Å²) in [7, 11) is 0. The fraction of sp³-hybridized carbons (Fsp3) is 0.400. The van der Waals surface area contributed by atoms with E-state index in [4.69, 9.17) is 10.5 Å². The van der Waals surface area contributed by atoms with E-state index >= 15 is 0 Å². The first-order valence-electron chi connectivity index (χ1n) is 6.48. The van der Waals surface area contributed by atoms with Crippen molar-refractivity contribution in [3.63, 3.8) is 0 Å². The molecule has 0 saturated carbocycles. The van der Waals surface area contributed by atoms with Crippen LogP contribution < -0.4 is 15.8 Å². The maximum atomic E-state index is 11.4. The molecule has 0 aliphatic heterocycles. The molecule has 1 rings (SSSR count). The Balaban J connectivity index is 2.45. The van der Waals surface area contributed by atoms with Gasteiger partial charge in [-0.1, -0.05) is 24.3 Å². The molecule has 2 unspecified atom stereocenters. The topological polar surface area (TPSA) is 64.3 Å². The normalized spacial score (nSPS) is 13.5. The van der Waals surface area contributed by atoms with Crippen LogP contribution in [0.4, 0.5) is 0 Å². The van der Waals surface area contributed by atoms with Crippen molar-refractivity contribution in [1.82, 2.24) is 5.32 Å². The minimum atomic E-state index is -0.588. The smallest absolute Gasteiger partial charge is 0.258 e. The van der Waals surface area contributed by atoms with Crippen LogP contribution in [0.2, 0.25) is 0 Å². The van der Waals surface area contributed by atoms with Crippen molar-refractivity contribution in [2.24, 2.45) is 5.73 Å². The second-order valence-corrected chi connectivity index (χ2v) is 4.50. The van der Waals surface area contributed by atoms with E-state index in [1.54, 1.807) is 0 Å². The van der Waals surface area contributed by atoms with Crippen LogP contribution >= 0.6 is 0 Å². The predicted octanol–water partition coefficient (Wildman–Crippen LogP) is 1.86. The van der Waals surface area contributed by atoms with Crippen molar-refractivity contribution in [2.45, 2.75) is 31.9 Å². The van der Waals surface area contributed by atoms with Crippen LogP contribution in [0, 0.1) is 0 Å². The second-order valence-electron chi connectivity index (χ2n) is 4.50. The molecule has 0 aromatic heterocycles. The van der Waals surface area contributed by atoms with E-state index in [0.29, 0.717) is 18.2 Å². The van der Waals surface area contributed by atoms with E-state index in [-0.39, 0.29) is 0 Å². The van der Waals surface area contributed by atoms with Gasteiger partial charge >= 0.3 is 0 Å². The maximum absolute atomic E-state index is 11.4. The molecule has 3 N–H and O–H groups in total. The number of carbonyl (C=O) groups excluding carboxylic acids is 1. The SMILES string of the molecule is C=CCNC(C)CCC(Oc1ccccc1)C(N)=O. The van der Waals surface area contributed by atoms with Crippen molar-refractivity contribution in [1.29, 1.82) is 0 Å². The lowest BCUT2D eigenvalue weighted by molar-refractivity contribution is -0.125. The Morgan fingerprint density at radius 2 is 2.11 bits per heavy atom. The van der Waals surface area contributed by atoms with Crippen LogP contribution in [0.1, 0.15) is 19.8 Å². The molecule has 0 aliphatic carbocycles. The maximum Gasteiger partial charge on any atom is 0.258 e. The number of primary amides is 1. The van der Waals surface area contributed by atoms with Gasteiger partial charge in [0.25, 0.3) is 5.91 Å². The van der Waals surface area contributed by atoms with E-state index in [2.05, 4.69) is 18.8 Å². The molecule has 0 radical (unpaired) electrons. The summed E-state index contributed by atoms with van der Waals surface area (Å²) in [5, 5.41) is 3.26. The molecule has 1 aromatic carbocycles. The zero-order chi connectivity index (χ0) is 14.1.